The number of hydrogen-bond acceptors (Lipinski definition) is 8. The molecule has 0 atom stereocenters. The van der Waals surface area contributed by atoms with Crippen LogP contribution in [0.2, 0.25) is 0 Å². The summed E-state index contributed by atoms with van der Waals surface area (Å²) in [5.74, 6) is -1.21. The molecular formula is C18H16F2N2O8. The summed E-state index contributed by atoms with van der Waals surface area (Å²) in [6.07, 6.45) is -3.81. The lowest BCUT2D eigenvalue weighted by molar-refractivity contribution is -0.385. The molecular weight excluding hydrogens is 410 g/mol. The summed E-state index contributed by atoms with van der Waals surface area (Å²) in [5.41, 5.74) is -0.791. The number of nitrogens with zero attached hydrogens (tertiary/aromatic N) is 1. The molecule has 0 spiro atoms. The number of rotatable bonds is 8. The number of methoxy groups -OCH3 is 2. The Labute approximate surface area is 168 Å². The first-order valence-electron chi connectivity index (χ1n) is 8.43. The van der Waals surface area contributed by atoms with Gasteiger partial charge in [0.15, 0.2) is 23.0 Å². The number of benzene rings is 2. The van der Waals surface area contributed by atoms with Crippen LogP contribution in [0.1, 0.15) is 10.4 Å². The van der Waals surface area contributed by atoms with E-state index in [1.54, 1.807) is 0 Å². The third kappa shape index (κ3) is 4.49. The normalized spacial score (nSPS) is 13.6. The van der Waals surface area contributed by atoms with Gasteiger partial charge in [0.1, 0.15) is 12.2 Å². The van der Waals surface area contributed by atoms with E-state index >= 15 is 0 Å². The highest BCUT2D eigenvalue weighted by molar-refractivity contribution is 6.07. The molecule has 1 aliphatic rings. The van der Waals surface area contributed by atoms with Gasteiger partial charge in [0.25, 0.3) is 11.6 Å². The zero-order valence-corrected chi connectivity index (χ0v) is 15.8. The predicted octanol–water partition coefficient (Wildman–Crippen LogP) is 3.20. The maximum Gasteiger partial charge on any atom is 0.586 e. The number of fused-ring (bicyclic) bond motifs is 1. The summed E-state index contributed by atoms with van der Waals surface area (Å²) in [5, 5.41) is 13.9. The number of carbonyl (C=O) groups is 1. The maximum absolute atomic E-state index is 13.1. The highest BCUT2D eigenvalue weighted by atomic mass is 19.3. The zero-order valence-electron chi connectivity index (χ0n) is 15.8. The van der Waals surface area contributed by atoms with Crippen molar-refractivity contribution >= 4 is 17.3 Å². The Morgan fingerprint density at radius 3 is 2.53 bits per heavy atom. The van der Waals surface area contributed by atoms with Crippen LogP contribution in [0.15, 0.2) is 30.3 Å². The average molecular weight is 426 g/mol. The minimum Gasteiger partial charge on any atom is -0.493 e. The second kappa shape index (κ2) is 8.37. The summed E-state index contributed by atoms with van der Waals surface area (Å²) in [4.78, 5) is 23.4. The van der Waals surface area contributed by atoms with Crippen LogP contribution in [-0.2, 0) is 4.74 Å². The predicted molar refractivity (Wildman–Crippen MR) is 97.6 cm³/mol. The van der Waals surface area contributed by atoms with Gasteiger partial charge in [-0.3, -0.25) is 14.9 Å². The van der Waals surface area contributed by atoms with Crippen molar-refractivity contribution in [3.05, 3.63) is 46.0 Å². The Morgan fingerprint density at radius 2 is 1.87 bits per heavy atom. The number of nitrogens with one attached hydrogen (secondary N) is 1. The Morgan fingerprint density at radius 1 is 1.13 bits per heavy atom. The summed E-state index contributed by atoms with van der Waals surface area (Å²) < 4.78 is 50.3. The van der Waals surface area contributed by atoms with Crippen LogP contribution < -0.4 is 24.3 Å². The van der Waals surface area contributed by atoms with E-state index in [1.165, 1.54) is 26.4 Å². The van der Waals surface area contributed by atoms with Crippen LogP contribution in [-0.4, -0.2) is 44.6 Å². The van der Waals surface area contributed by atoms with Crippen molar-refractivity contribution in [2.75, 3.05) is 32.8 Å². The van der Waals surface area contributed by atoms with Crippen molar-refractivity contribution in [2.45, 2.75) is 6.29 Å². The fourth-order valence-electron chi connectivity index (χ4n) is 2.61. The average Bonchev–Trinajstić information content (AvgIpc) is 3.00. The molecule has 1 heterocycles. The number of nitro benzene ring substituents is 1. The standard InChI is InChI=1S/C18H16F2N2O8/c1-26-5-6-28-15-9-12(22(24)25)11(8-14(15)27-2)17(23)21-10-3-4-13-16(7-10)30-18(19,20)29-13/h3-4,7-9H,5-6H2,1-2H3,(H,21,23). The second-order valence-electron chi connectivity index (χ2n) is 5.90. The van der Waals surface area contributed by atoms with E-state index in [2.05, 4.69) is 14.8 Å². The third-order valence-corrected chi connectivity index (χ3v) is 3.93. The number of halogens is 2. The summed E-state index contributed by atoms with van der Waals surface area (Å²) in [7, 11) is 2.78. The highest BCUT2D eigenvalue weighted by Crippen LogP contribution is 2.42. The molecule has 1 amide bonds. The fraction of sp³-hybridized carbons (Fsp3) is 0.278. The smallest absolute Gasteiger partial charge is 0.493 e. The van der Waals surface area contributed by atoms with E-state index in [0.717, 1.165) is 18.2 Å². The van der Waals surface area contributed by atoms with E-state index in [4.69, 9.17) is 14.2 Å². The van der Waals surface area contributed by atoms with E-state index in [9.17, 15) is 23.7 Å². The van der Waals surface area contributed by atoms with Gasteiger partial charge in [0.05, 0.1) is 24.7 Å². The second-order valence-corrected chi connectivity index (χ2v) is 5.90. The Kier molecular flexibility index (Phi) is 5.87. The van der Waals surface area contributed by atoms with Crippen LogP contribution in [0.5, 0.6) is 23.0 Å². The van der Waals surface area contributed by atoms with Crippen LogP contribution in [0.4, 0.5) is 20.2 Å². The molecule has 160 valence electrons. The monoisotopic (exact) mass is 426 g/mol. The topological polar surface area (TPSA) is 118 Å². The first kappa shape index (κ1) is 21.0. The lowest BCUT2D eigenvalue weighted by atomic mass is 10.1. The number of hydrogen-bond donors (Lipinski definition) is 1. The van der Waals surface area contributed by atoms with Crippen LogP contribution in [0, 0.1) is 10.1 Å². The first-order chi connectivity index (χ1) is 14.2. The molecule has 2 aromatic carbocycles. The number of amides is 1. The van der Waals surface area contributed by atoms with Crippen LogP contribution in [0.25, 0.3) is 0 Å². The maximum atomic E-state index is 13.1. The molecule has 12 heteroatoms. The molecule has 0 saturated heterocycles. The zero-order chi connectivity index (χ0) is 21.9. The summed E-state index contributed by atoms with van der Waals surface area (Å²) in [6.45, 7) is 0.347. The molecule has 0 fully saturated rings. The lowest BCUT2D eigenvalue weighted by Gasteiger charge is -2.13. The van der Waals surface area contributed by atoms with Crippen molar-refractivity contribution < 1.29 is 42.2 Å². The van der Waals surface area contributed by atoms with Gasteiger partial charge in [-0.1, -0.05) is 0 Å². The van der Waals surface area contributed by atoms with Crippen molar-refractivity contribution in [1.82, 2.24) is 0 Å². The minimum absolute atomic E-state index is 0.0584. The van der Waals surface area contributed by atoms with Crippen molar-refractivity contribution in [1.29, 1.82) is 0 Å². The number of ether oxygens (including phenoxy) is 5. The van der Waals surface area contributed by atoms with Gasteiger partial charge in [-0.25, -0.2) is 0 Å². The lowest BCUT2D eigenvalue weighted by Crippen LogP contribution is -2.25. The molecule has 0 saturated carbocycles. The van der Waals surface area contributed by atoms with E-state index in [0.29, 0.717) is 0 Å². The molecule has 0 unspecified atom stereocenters. The SMILES string of the molecule is COCCOc1cc([N+](=O)[O-])c(C(=O)Nc2ccc3c(c2)OC(F)(F)O3)cc1OC. The number of carbonyl (C=O) groups excluding carboxylic acids is 1. The van der Waals surface area contributed by atoms with Crippen LogP contribution >= 0.6 is 0 Å². The fourth-order valence-corrected chi connectivity index (χ4v) is 2.61. The first-order valence-corrected chi connectivity index (χ1v) is 8.43. The minimum atomic E-state index is -3.81. The van der Waals surface area contributed by atoms with Gasteiger partial charge < -0.3 is 29.0 Å². The molecule has 0 radical (unpaired) electrons. The molecule has 1 aliphatic heterocycles. The molecule has 0 aliphatic carbocycles. The molecule has 2 aromatic rings. The molecule has 30 heavy (non-hydrogen) atoms. The van der Waals surface area contributed by atoms with Gasteiger partial charge in [-0.2, -0.15) is 0 Å². The van der Waals surface area contributed by atoms with Gasteiger partial charge in [0, 0.05) is 24.9 Å². The van der Waals surface area contributed by atoms with Gasteiger partial charge in [-0.05, 0) is 12.1 Å². The molecule has 10 nitrogen and oxygen atoms in total. The van der Waals surface area contributed by atoms with Crippen molar-refractivity contribution in [3.63, 3.8) is 0 Å². The van der Waals surface area contributed by atoms with Gasteiger partial charge >= 0.3 is 6.29 Å². The van der Waals surface area contributed by atoms with Crippen molar-refractivity contribution in [2.24, 2.45) is 0 Å². The summed E-state index contributed by atoms with van der Waals surface area (Å²) >= 11 is 0. The van der Waals surface area contributed by atoms with Crippen molar-refractivity contribution in [3.8, 4) is 23.0 Å². The van der Waals surface area contributed by atoms with E-state index < -0.39 is 22.8 Å². The Hall–Kier alpha value is -3.67. The quantitative estimate of drug-likeness (QED) is 0.388. The Balaban J connectivity index is 1.87. The number of nitro groups is 1. The number of alkyl halides is 2. The van der Waals surface area contributed by atoms with E-state index in [-0.39, 0.29) is 47.5 Å². The van der Waals surface area contributed by atoms with Gasteiger partial charge in [0.2, 0.25) is 0 Å². The highest BCUT2D eigenvalue weighted by Gasteiger charge is 2.43. The Bertz CT molecular complexity index is 983. The van der Waals surface area contributed by atoms with E-state index in [1.807, 2.05) is 0 Å². The summed E-state index contributed by atoms with van der Waals surface area (Å²) in [6, 6.07) is 5.78. The molecule has 3 rings (SSSR count). The molecule has 1 N–H and O–H groups in total. The third-order valence-electron chi connectivity index (χ3n) is 3.93. The number of anilines is 1. The van der Waals surface area contributed by atoms with Crippen LogP contribution in [0.3, 0.4) is 0 Å². The largest absolute Gasteiger partial charge is 0.586 e. The molecule has 0 bridgehead atoms. The molecule has 0 aromatic heterocycles. The van der Waals surface area contributed by atoms with Gasteiger partial charge in [-0.15, -0.1) is 8.78 Å².